The van der Waals surface area contributed by atoms with Gasteiger partial charge < -0.3 is 20.6 Å². The van der Waals surface area contributed by atoms with E-state index in [1.807, 2.05) is 27.7 Å². The Morgan fingerprint density at radius 2 is 1.61 bits per heavy atom. The zero-order valence-corrected chi connectivity index (χ0v) is 23.2. The maximum Gasteiger partial charge on any atom is 0.262 e. The Kier molecular flexibility index (Phi) is 9.00. The van der Waals surface area contributed by atoms with Crippen LogP contribution in [0.5, 0.6) is 5.75 Å². The minimum absolute atomic E-state index is 0.00000530. The van der Waals surface area contributed by atoms with E-state index in [1.54, 1.807) is 12.1 Å². The lowest BCUT2D eigenvalue weighted by molar-refractivity contribution is -0.131. The fourth-order valence-corrected chi connectivity index (χ4v) is 6.71. The molecule has 2 aromatic rings. The first-order chi connectivity index (χ1) is 17.7. The Morgan fingerprint density at radius 3 is 2.21 bits per heavy atom. The lowest BCUT2D eigenvalue weighted by Gasteiger charge is -2.30. The van der Waals surface area contributed by atoms with Crippen molar-refractivity contribution in [2.45, 2.75) is 46.6 Å². The van der Waals surface area contributed by atoms with Crippen molar-refractivity contribution in [3.05, 3.63) is 41.5 Å². The van der Waals surface area contributed by atoms with E-state index in [0.717, 1.165) is 0 Å². The molecular weight excluding hydrogens is 509 g/mol. The van der Waals surface area contributed by atoms with Crippen LogP contribution in [-0.4, -0.2) is 64.1 Å². The van der Waals surface area contributed by atoms with Crippen LogP contribution in [0.15, 0.2) is 30.3 Å². The maximum atomic E-state index is 13.4. The fourth-order valence-electron chi connectivity index (χ4n) is 4.89. The molecule has 4 amide bonds. The van der Waals surface area contributed by atoms with Gasteiger partial charge in [-0.15, -0.1) is 0 Å². The zero-order chi connectivity index (χ0) is 28.4. The van der Waals surface area contributed by atoms with Gasteiger partial charge in [-0.2, -0.15) is 0 Å². The van der Waals surface area contributed by atoms with Gasteiger partial charge in [-0.1, -0.05) is 39.8 Å². The van der Waals surface area contributed by atoms with Crippen molar-refractivity contribution in [1.82, 2.24) is 15.5 Å². The standard InChI is InChI=1S/C27H36N3O7P/c1-15(2)9-18(24(32)29-22(10-16(3)4)25(33)28-5)13-38(36,37)14-30-26(34)20-8-6-7-17-11-19(31)12-21(23(17)20)27(30)35/h6-8,11-12,15-16,18,22,31H,9-10,13-14H2,1-5H3,(H,28,33)(H,29,32)(H,36,37)/t18?,22-/m0/s1. The average Bonchev–Trinajstić information content (AvgIpc) is 2.82. The van der Waals surface area contributed by atoms with E-state index in [9.17, 15) is 33.7 Å². The molecule has 0 saturated heterocycles. The number of phenolic OH excluding ortho intramolecular Hbond substituents is 1. The minimum atomic E-state index is -4.24. The molecule has 1 heterocycles. The predicted octanol–water partition coefficient (Wildman–Crippen LogP) is 3.31. The summed E-state index contributed by atoms with van der Waals surface area (Å²) in [5, 5.41) is 16.2. The summed E-state index contributed by atoms with van der Waals surface area (Å²) >= 11 is 0. The monoisotopic (exact) mass is 545 g/mol. The van der Waals surface area contributed by atoms with E-state index >= 15 is 0 Å². The van der Waals surface area contributed by atoms with Gasteiger partial charge in [-0.05, 0) is 48.3 Å². The molecule has 0 saturated carbocycles. The topological polar surface area (TPSA) is 153 Å². The number of benzene rings is 2. The highest BCUT2D eigenvalue weighted by Gasteiger charge is 2.39. The number of nitrogens with one attached hydrogen (secondary N) is 2. The van der Waals surface area contributed by atoms with Gasteiger partial charge in [0.1, 0.15) is 18.1 Å². The number of rotatable bonds is 11. The molecule has 2 unspecified atom stereocenters. The smallest absolute Gasteiger partial charge is 0.262 e. The van der Waals surface area contributed by atoms with Crippen LogP contribution in [0.2, 0.25) is 0 Å². The van der Waals surface area contributed by atoms with Gasteiger partial charge in [-0.25, -0.2) is 0 Å². The number of hydrogen-bond donors (Lipinski definition) is 4. The van der Waals surface area contributed by atoms with Crippen molar-refractivity contribution in [2.24, 2.45) is 17.8 Å². The third-order valence-corrected chi connectivity index (χ3v) is 8.23. The molecule has 4 N–H and O–H groups in total. The number of carbonyl (C=O) groups is 4. The molecule has 38 heavy (non-hydrogen) atoms. The molecule has 1 aliphatic heterocycles. The molecule has 0 aliphatic carbocycles. The van der Waals surface area contributed by atoms with E-state index < -0.39 is 49.5 Å². The summed E-state index contributed by atoms with van der Waals surface area (Å²) < 4.78 is 13.4. The molecule has 3 rings (SSSR count). The van der Waals surface area contributed by atoms with Gasteiger partial charge in [0.05, 0.1) is 5.56 Å². The minimum Gasteiger partial charge on any atom is -0.508 e. The van der Waals surface area contributed by atoms with Crippen LogP contribution >= 0.6 is 7.37 Å². The first-order valence-corrected chi connectivity index (χ1v) is 14.7. The summed E-state index contributed by atoms with van der Waals surface area (Å²) in [6, 6.07) is 6.67. The summed E-state index contributed by atoms with van der Waals surface area (Å²) in [5.74, 6) is -3.35. The van der Waals surface area contributed by atoms with Gasteiger partial charge in [0.2, 0.25) is 19.2 Å². The highest BCUT2D eigenvalue weighted by Crippen LogP contribution is 2.46. The highest BCUT2D eigenvalue weighted by molar-refractivity contribution is 7.58. The molecular formula is C27H36N3O7P. The van der Waals surface area contributed by atoms with Crippen LogP contribution in [0.4, 0.5) is 0 Å². The molecule has 2 aromatic carbocycles. The number of nitrogens with zero attached hydrogens (tertiary/aromatic N) is 1. The van der Waals surface area contributed by atoms with Crippen LogP contribution in [0.25, 0.3) is 10.8 Å². The molecule has 1 aliphatic rings. The quantitative estimate of drug-likeness (QED) is 0.250. The Bertz CT molecular complexity index is 1310. The SMILES string of the molecule is CNC(=O)[C@H](CC(C)C)NC(=O)C(CC(C)C)CP(=O)(O)CN1C(=O)c2cccc3cc(O)cc(c23)C1=O. The van der Waals surface area contributed by atoms with Crippen molar-refractivity contribution in [1.29, 1.82) is 0 Å². The summed E-state index contributed by atoms with van der Waals surface area (Å²) in [6.07, 6.45) is -0.572. The van der Waals surface area contributed by atoms with E-state index in [1.165, 1.54) is 25.2 Å². The molecule has 0 aromatic heterocycles. The summed E-state index contributed by atoms with van der Waals surface area (Å²) in [6.45, 7) is 7.57. The van der Waals surface area contributed by atoms with Crippen molar-refractivity contribution < 1.29 is 33.7 Å². The second-order valence-corrected chi connectivity index (χ2v) is 13.1. The number of hydrogen-bond acceptors (Lipinski definition) is 6. The predicted molar refractivity (Wildman–Crippen MR) is 144 cm³/mol. The fraction of sp³-hybridized carbons (Fsp3) is 0.481. The first kappa shape index (κ1) is 29.3. The third-order valence-electron chi connectivity index (χ3n) is 6.49. The van der Waals surface area contributed by atoms with E-state index in [4.69, 9.17) is 0 Å². The number of likely N-dealkylation sites (N-methyl/N-ethyl adjacent to an activating group) is 1. The van der Waals surface area contributed by atoms with Crippen LogP contribution in [0.3, 0.4) is 0 Å². The van der Waals surface area contributed by atoms with E-state index in [0.29, 0.717) is 22.1 Å². The Labute approximate surface area is 222 Å². The molecule has 11 heteroatoms. The third kappa shape index (κ3) is 6.60. The lowest BCUT2D eigenvalue weighted by Crippen LogP contribution is -2.49. The van der Waals surface area contributed by atoms with Gasteiger partial charge in [-0.3, -0.25) is 28.6 Å². The molecule has 10 nitrogen and oxygen atoms in total. The second kappa shape index (κ2) is 11.7. The van der Waals surface area contributed by atoms with Crippen molar-refractivity contribution in [3.63, 3.8) is 0 Å². The summed E-state index contributed by atoms with van der Waals surface area (Å²) in [5.41, 5.74) is 0.254. The van der Waals surface area contributed by atoms with Gasteiger partial charge in [0, 0.05) is 30.1 Å². The zero-order valence-electron chi connectivity index (χ0n) is 22.4. The van der Waals surface area contributed by atoms with E-state index in [-0.39, 0.29) is 41.0 Å². The number of carbonyl (C=O) groups excluding carboxylic acids is 4. The summed E-state index contributed by atoms with van der Waals surface area (Å²) in [7, 11) is -2.77. The molecule has 0 radical (unpaired) electrons. The number of imide groups is 1. The Balaban J connectivity index is 1.85. The molecule has 0 fully saturated rings. The second-order valence-electron chi connectivity index (χ2n) is 10.7. The number of aromatic hydroxyl groups is 1. The number of phenols is 1. The van der Waals surface area contributed by atoms with Crippen molar-refractivity contribution in [2.75, 3.05) is 19.5 Å². The van der Waals surface area contributed by atoms with E-state index in [2.05, 4.69) is 10.6 Å². The van der Waals surface area contributed by atoms with Gasteiger partial charge >= 0.3 is 0 Å². The van der Waals surface area contributed by atoms with Gasteiger partial charge in [0.25, 0.3) is 11.8 Å². The van der Waals surface area contributed by atoms with Crippen LogP contribution in [0, 0.1) is 17.8 Å². The maximum absolute atomic E-state index is 13.4. The largest absolute Gasteiger partial charge is 0.508 e. The lowest BCUT2D eigenvalue weighted by atomic mass is 9.94. The Morgan fingerprint density at radius 1 is 0.974 bits per heavy atom. The Hall–Kier alpha value is -3.23. The first-order valence-electron chi connectivity index (χ1n) is 12.7. The average molecular weight is 546 g/mol. The highest BCUT2D eigenvalue weighted by atomic mass is 31.2. The number of amides is 4. The van der Waals surface area contributed by atoms with Crippen LogP contribution in [0.1, 0.15) is 61.3 Å². The molecule has 0 spiro atoms. The summed E-state index contributed by atoms with van der Waals surface area (Å²) in [4.78, 5) is 63.7. The molecule has 0 bridgehead atoms. The van der Waals surface area contributed by atoms with Crippen molar-refractivity contribution in [3.8, 4) is 5.75 Å². The van der Waals surface area contributed by atoms with Crippen LogP contribution in [-0.2, 0) is 14.2 Å². The van der Waals surface area contributed by atoms with Crippen LogP contribution < -0.4 is 10.6 Å². The van der Waals surface area contributed by atoms with Gasteiger partial charge in [0.15, 0.2) is 0 Å². The molecule has 206 valence electrons. The molecule has 3 atom stereocenters. The normalized spacial score (nSPS) is 16.5. The van der Waals surface area contributed by atoms with Crippen molar-refractivity contribution >= 4 is 41.8 Å².